The number of carbonyl (C=O) groups excluding carboxylic acids is 1. The molecule has 0 N–H and O–H groups in total. The van der Waals surface area contributed by atoms with E-state index in [4.69, 9.17) is 4.74 Å². The van der Waals surface area contributed by atoms with Crippen molar-refractivity contribution >= 4 is 33.9 Å². The van der Waals surface area contributed by atoms with Crippen molar-refractivity contribution in [2.75, 3.05) is 24.2 Å². The maximum atomic E-state index is 11.8. The van der Waals surface area contributed by atoms with Gasteiger partial charge in [-0.1, -0.05) is 12.1 Å². The van der Waals surface area contributed by atoms with E-state index in [-0.39, 0.29) is 0 Å². The Morgan fingerprint density at radius 3 is 2.42 bits per heavy atom. The summed E-state index contributed by atoms with van der Waals surface area (Å²) in [4.78, 5) is 11.8. The van der Waals surface area contributed by atoms with Gasteiger partial charge in [-0.2, -0.15) is 0 Å². The second kappa shape index (κ2) is 7.33. The molecule has 0 fully saturated rings. The van der Waals surface area contributed by atoms with Gasteiger partial charge in [0, 0.05) is 42.6 Å². The first kappa shape index (κ1) is 18.2. The van der Waals surface area contributed by atoms with Crippen molar-refractivity contribution in [3.05, 3.63) is 48.0 Å². The van der Waals surface area contributed by atoms with E-state index < -0.39 is 11.0 Å². The van der Waals surface area contributed by atoms with Crippen LogP contribution in [0.15, 0.2) is 42.5 Å². The number of fused-ring (bicyclic) bond motifs is 1. The van der Waals surface area contributed by atoms with Crippen LogP contribution in [0.5, 0.6) is 5.75 Å². The first-order valence-corrected chi connectivity index (χ1v) is 9.86. The Bertz CT molecular complexity index is 977. The zero-order chi connectivity index (χ0) is 18.8. The van der Waals surface area contributed by atoms with Gasteiger partial charge in [0.1, 0.15) is 16.7 Å². The molecule has 0 spiro atoms. The van der Waals surface area contributed by atoms with Gasteiger partial charge in [-0.05, 0) is 36.8 Å². The molecule has 2 aromatic carbocycles. The molecule has 0 saturated heterocycles. The Morgan fingerprint density at radius 2 is 1.88 bits per heavy atom. The fourth-order valence-electron chi connectivity index (χ4n) is 3.34. The third-order valence-electron chi connectivity index (χ3n) is 4.59. The molecular weight excluding hydrogens is 348 g/mol. The molecule has 6 heteroatoms. The molecule has 26 heavy (non-hydrogen) atoms. The number of nitrogens with zero attached hydrogens (tertiary/aromatic N) is 2. The number of hydrogen-bond donors (Lipinski definition) is 0. The number of aromatic nitrogens is 1. The van der Waals surface area contributed by atoms with Crippen LogP contribution in [0.4, 0.5) is 5.69 Å². The summed E-state index contributed by atoms with van der Waals surface area (Å²) in [5.41, 5.74) is 4.28. The van der Waals surface area contributed by atoms with Crippen LogP contribution >= 0.6 is 0 Å². The minimum absolute atomic E-state index is 0.657. The zero-order valence-electron chi connectivity index (χ0n) is 15.4. The molecule has 0 aliphatic heterocycles. The Morgan fingerprint density at radius 1 is 1.19 bits per heavy atom. The zero-order valence-corrected chi connectivity index (χ0v) is 16.2. The third-order valence-corrected chi connectivity index (χ3v) is 5.68. The number of hydrogen-bond acceptors (Lipinski definition) is 3. The summed E-state index contributed by atoms with van der Waals surface area (Å²) >= 11 is 0. The van der Waals surface area contributed by atoms with Gasteiger partial charge in [0.25, 0.3) is 0 Å². The van der Waals surface area contributed by atoms with E-state index in [0.717, 1.165) is 39.9 Å². The third kappa shape index (κ3) is 3.01. The first-order chi connectivity index (χ1) is 12.5. The molecule has 3 aromatic rings. The topological polar surface area (TPSA) is 51.5 Å². The van der Waals surface area contributed by atoms with Crippen molar-refractivity contribution in [1.29, 1.82) is 0 Å². The first-order valence-electron chi connectivity index (χ1n) is 8.35. The lowest BCUT2D eigenvalue weighted by atomic mass is 10.1. The van der Waals surface area contributed by atoms with Gasteiger partial charge in [-0.15, -0.1) is 0 Å². The van der Waals surface area contributed by atoms with E-state index in [1.807, 2.05) is 65.3 Å². The van der Waals surface area contributed by atoms with Gasteiger partial charge >= 0.3 is 0 Å². The van der Waals surface area contributed by atoms with Crippen LogP contribution in [0.25, 0.3) is 22.2 Å². The average Bonchev–Trinajstić information content (AvgIpc) is 2.94. The predicted octanol–water partition coefficient (Wildman–Crippen LogP) is 3.79. The molecule has 5 nitrogen and oxygen atoms in total. The summed E-state index contributed by atoms with van der Waals surface area (Å²) in [6.45, 7) is 2.63. The SMILES string of the molecule is CCN(c1ccc(-c2c(C=O)c3ccc(OC)cc3n2C)cc1)S(C)=O. The number of benzene rings is 2. The average molecular weight is 370 g/mol. The van der Waals surface area contributed by atoms with Crippen molar-refractivity contribution in [3.63, 3.8) is 0 Å². The standard InChI is InChI=1S/C20H22N2O3S/c1-5-22(26(4)24)15-8-6-14(7-9-15)20-18(13-23)17-11-10-16(25-3)12-19(17)21(20)2/h6-13H,5H2,1-4H3. The van der Waals surface area contributed by atoms with Crippen molar-refractivity contribution in [1.82, 2.24) is 4.57 Å². The lowest BCUT2D eigenvalue weighted by Gasteiger charge is -2.19. The minimum Gasteiger partial charge on any atom is -0.497 e. The Labute approximate surface area is 155 Å². The van der Waals surface area contributed by atoms with E-state index in [1.54, 1.807) is 13.4 Å². The molecule has 1 atom stereocenters. The molecule has 1 heterocycles. The van der Waals surface area contributed by atoms with E-state index in [0.29, 0.717) is 12.1 Å². The highest BCUT2D eigenvalue weighted by molar-refractivity contribution is 7.85. The van der Waals surface area contributed by atoms with E-state index >= 15 is 0 Å². The summed E-state index contributed by atoms with van der Waals surface area (Å²) < 4.78 is 21.0. The van der Waals surface area contributed by atoms with Gasteiger partial charge < -0.3 is 9.30 Å². The number of aldehydes is 1. The summed E-state index contributed by atoms with van der Waals surface area (Å²) in [7, 11) is 2.49. The van der Waals surface area contributed by atoms with Crippen LogP contribution in [0.2, 0.25) is 0 Å². The van der Waals surface area contributed by atoms with Gasteiger partial charge in [0.2, 0.25) is 0 Å². The Hall–Kier alpha value is -2.60. The van der Waals surface area contributed by atoms with Crippen LogP contribution in [-0.2, 0) is 18.0 Å². The maximum absolute atomic E-state index is 11.8. The monoisotopic (exact) mass is 370 g/mol. The molecule has 0 saturated carbocycles. The van der Waals surface area contributed by atoms with Gasteiger partial charge in [0.05, 0.1) is 18.3 Å². The fraction of sp³-hybridized carbons (Fsp3) is 0.250. The number of ether oxygens (including phenoxy) is 1. The lowest BCUT2D eigenvalue weighted by molar-refractivity contribution is 0.112. The molecule has 3 rings (SSSR count). The molecule has 1 aromatic heterocycles. The molecule has 0 aliphatic rings. The van der Waals surface area contributed by atoms with Crippen molar-refractivity contribution < 1.29 is 13.7 Å². The van der Waals surface area contributed by atoms with Crippen LogP contribution in [0, 0.1) is 0 Å². The second-order valence-electron chi connectivity index (χ2n) is 5.99. The predicted molar refractivity (Wildman–Crippen MR) is 107 cm³/mol. The van der Waals surface area contributed by atoms with Gasteiger partial charge in [-0.25, -0.2) is 4.21 Å². The van der Waals surface area contributed by atoms with Crippen molar-refractivity contribution in [2.24, 2.45) is 7.05 Å². The molecule has 0 radical (unpaired) electrons. The number of methoxy groups -OCH3 is 1. The van der Waals surface area contributed by atoms with Crippen LogP contribution in [-0.4, -0.2) is 35.0 Å². The van der Waals surface area contributed by atoms with E-state index in [9.17, 15) is 9.00 Å². The van der Waals surface area contributed by atoms with Crippen molar-refractivity contribution in [3.8, 4) is 17.0 Å². The Balaban J connectivity index is 2.14. The fourth-order valence-corrected chi connectivity index (χ4v) is 4.12. The molecule has 1 unspecified atom stereocenters. The minimum atomic E-state index is -1.07. The molecule has 0 amide bonds. The number of anilines is 1. The highest BCUT2D eigenvalue weighted by Gasteiger charge is 2.17. The largest absolute Gasteiger partial charge is 0.497 e. The second-order valence-corrected chi connectivity index (χ2v) is 7.28. The lowest BCUT2D eigenvalue weighted by Crippen LogP contribution is -2.23. The van der Waals surface area contributed by atoms with Gasteiger partial charge in [0.15, 0.2) is 6.29 Å². The molecule has 0 bridgehead atoms. The van der Waals surface area contributed by atoms with E-state index in [1.165, 1.54) is 0 Å². The van der Waals surface area contributed by atoms with E-state index in [2.05, 4.69) is 0 Å². The van der Waals surface area contributed by atoms with Gasteiger partial charge in [-0.3, -0.25) is 9.10 Å². The quantitative estimate of drug-likeness (QED) is 0.621. The molecule has 136 valence electrons. The normalized spacial score (nSPS) is 12.2. The highest BCUT2D eigenvalue weighted by atomic mass is 32.2. The van der Waals surface area contributed by atoms with Crippen LogP contribution in [0.1, 0.15) is 17.3 Å². The molecular formula is C20H22N2O3S. The number of carbonyl (C=O) groups is 1. The van der Waals surface area contributed by atoms with Crippen molar-refractivity contribution in [2.45, 2.75) is 6.92 Å². The molecule has 0 aliphatic carbocycles. The number of rotatable bonds is 6. The highest BCUT2D eigenvalue weighted by Crippen LogP contribution is 2.34. The summed E-state index contributed by atoms with van der Waals surface area (Å²) in [5.74, 6) is 0.751. The smallest absolute Gasteiger partial charge is 0.152 e. The van der Waals surface area contributed by atoms with Crippen LogP contribution in [0.3, 0.4) is 0 Å². The number of aryl methyl sites for hydroxylation is 1. The summed E-state index contributed by atoms with van der Waals surface area (Å²) in [6.07, 6.45) is 2.57. The van der Waals surface area contributed by atoms with Crippen LogP contribution < -0.4 is 9.04 Å². The Kier molecular flexibility index (Phi) is 5.13. The summed E-state index contributed by atoms with van der Waals surface area (Å²) in [5, 5.41) is 0.896. The maximum Gasteiger partial charge on any atom is 0.152 e. The summed E-state index contributed by atoms with van der Waals surface area (Å²) in [6, 6.07) is 13.5.